The average molecular weight is 351 g/mol. The van der Waals surface area contributed by atoms with E-state index in [0.717, 1.165) is 34.3 Å². The smallest absolute Gasteiger partial charge is 0.256 e. The molecule has 1 aromatic heterocycles. The third-order valence-electron chi connectivity index (χ3n) is 4.12. The van der Waals surface area contributed by atoms with Crippen LogP contribution in [0.15, 0.2) is 54.6 Å². The number of nitrogens with zero attached hydrogens (tertiary/aromatic N) is 2. The molecule has 126 valence electrons. The number of carbonyl (C=O) groups is 1. The van der Waals surface area contributed by atoms with Gasteiger partial charge in [-0.05, 0) is 30.3 Å². The summed E-state index contributed by atoms with van der Waals surface area (Å²) >= 11 is 1.81. The Balaban J connectivity index is 1.71. The summed E-state index contributed by atoms with van der Waals surface area (Å²) in [6, 6.07) is 17.0. The normalized spacial score (nSPS) is 12.7. The number of para-hydroxylation sites is 1. The average Bonchev–Trinajstić information content (AvgIpc) is 3.25. The number of hydrogen-bond donors (Lipinski definition) is 1. The van der Waals surface area contributed by atoms with Crippen molar-refractivity contribution in [2.24, 2.45) is 0 Å². The number of fused-ring (bicyclic) bond motifs is 1. The van der Waals surface area contributed by atoms with Crippen molar-refractivity contribution in [3.8, 4) is 11.4 Å². The van der Waals surface area contributed by atoms with Gasteiger partial charge in [0, 0.05) is 22.6 Å². The van der Waals surface area contributed by atoms with Crippen molar-refractivity contribution in [2.45, 2.75) is 11.5 Å². The van der Waals surface area contributed by atoms with Gasteiger partial charge in [0.2, 0.25) is 0 Å². The van der Waals surface area contributed by atoms with E-state index < -0.39 is 0 Å². The molecule has 25 heavy (non-hydrogen) atoms. The summed E-state index contributed by atoms with van der Waals surface area (Å²) in [6.45, 7) is 0. The number of methoxy groups -OCH3 is 1. The summed E-state index contributed by atoms with van der Waals surface area (Å²) in [5.74, 6) is 2.97. The maximum atomic E-state index is 12.7. The van der Waals surface area contributed by atoms with Crippen LogP contribution in [-0.4, -0.2) is 22.8 Å². The number of amides is 1. The maximum Gasteiger partial charge on any atom is 0.256 e. The fourth-order valence-electron chi connectivity index (χ4n) is 2.84. The first-order chi connectivity index (χ1) is 12.3. The molecule has 2 heterocycles. The van der Waals surface area contributed by atoms with Gasteiger partial charge in [0.25, 0.3) is 5.91 Å². The van der Waals surface area contributed by atoms with Crippen LogP contribution in [0.3, 0.4) is 0 Å². The van der Waals surface area contributed by atoms with Crippen molar-refractivity contribution in [2.75, 3.05) is 12.4 Å². The Labute approximate surface area is 150 Å². The van der Waals surface area contributed by atoms with Crippen LogP contribution in [0, 0.1) is 0 Å². The number of carbonyl (C=O) groups excluding carboxylic acids is 1. The number of hydrogen-bond acceptors (Lipinski definition) is 4. The van der Waals surface area contributed by atoms with Crippen LogP contribution in [0.4, 0.5) is 5.82 Å². The van der Waals surface area contributed by atoms with Crippen molar-refractivity contribution < 1.29 is 9.53 Å². The van der Waals surface area contributed by atoms with Crippen LogP contribution in [-0.2, 0) is 11.5 Å². The van der Waals surface area contributed by atoms with Gasteiger partial charge in [0.05, 0.1) is 18.5 Å². The molecule has 0 radical (unpaired) electrons. The number of anilines is 1. The highest BCUT2D eigenvalue weighted by atomic mass is 32.2. The van der Waals surface area contributed by atoms with E-state index in [1.807, 2.05) is 58.9 Å². The van der Waals surface area contributed by atoms with Crippen molar-refractivity contribution in [1.82, 2.24) is 9.78 Å². The first-order valence-corrected chi connectivity index (χ1v) is 9.11. The highest BCUT2D eigenvalue weighted by Gasteiger charge is 2.25. The van der Waals surface area contributed by atoms with Crippen LogP contribution in [0.2, 0.25) is 0 Å². The molecule has 2 aromatic carbocycles. The highest BCUT2D eigenvalue weighted by Crippen LogP contribution is 2.36. The van der Waals surface area contributed by atoms with Gasteiger partial charge in [0.1, 0.15) is 11.6 Å². The number of nitrogens with one attached hydrogen (secondary N) is 1. The molecule has 1 aliphatic heterocycles. The molecule has 0 saturated carbocycles. The first-order valence-electron chi connectivity index (χ1n) is 7.95. The Morgan fingerprint density at radius 2 is 2.00 bits per heavy atom. The van der Waals surface area contributed by atoms with E-state index >= 15 is 0 Å². The monoisotopic (exact) mass is 351 g/mol. The molecule has 0 spiro atoms. The molecule has 1 N–H and O–H groups in total. The minimum absolute atomic E-state index is 0.171. The lowest BCUT2D eigenvalue weighted by atomic mass is 10.2. The van der Waals surface area contributed by atoms with Crippen LogP contribution >= 0.6 is 11.8 Å². The van der Waals surface area contributed by atoms with E-state index in [2.05, 4.69) is 5.32 Å². The number of thioether (sulfide) groups is 1. The van der Waals surface area contributed by atoms with Gasteiger partial charge < -0.3 is 10.1 Å². The standard InChI is InChI=1S/C19H17N3O2S/c1-24-15-9-5-6-13(10-15)19(23)20-18-16-11-25-12-17(16)21-22(18)14-7-3-2-4-8-14/h2-10H,11-12H2,1H3,(H,20,23). The molecule has 0 fully saturated rings. The minimum Gasteiger partial charge on any atom is -0.497 e. The Hall–Kier alpha value is -2.73. The SMILES string of the molecule is COc1cccc(C(=O)Nc2c3c(nn2-c2ccccc2)CSC3)c1. The zero-order valence-electron chi connectivity index (χ0n) is 13.7. The van der Waals surface area contributed by atoms with E-state index in [9.17, 15) is 4.79 Å². The first kappa shape index (κ1) is 15.8. The molecule has 0 saturated heterocycles. The molecule has 0 atom stereocenters. The van der Waals surface area contributed by atoms with Gasteiger partial charge in [-0.3, -0.25) is 4.79 Å². The van der Waals surface area contributed by atoms with Crippen LogP contribution in [0.5, 0.6) is 5.75 Å². The Bertz CT molecular complexity index is 922. The Morgan fingerprint density at radius 3 is 2.80 bits per heavy atom. The Morgan fingerprint density at radius 1 is 1.16 bits per heavy atom. The fourth-order valence-corrected chi connectivity index (χ4v) is 3.88. The molecule has 1 amide bonds. The van der Waals surface area contributed by atoms with E-state index in [-0.39, 0.29) is 5.91 Å². The third-order valence-corrected chi connectivity index (χ3v) is 5.09. The van der Waals surface area contributed by atoms with E-state index in [0.29, 0.717) is 11.3 Å². The van der Waals surface area contributed by atoms with Gasteiger partial charge in [-0.2, -0.15) is 16.9 Å². The topological polar surface area (TPSA) is 56.1 Å². The maximum absolute atomic E-state index is 12.7. The quantitative estimate of drug-likeness (QED) is 0.775. The fraction of sp³-hybridized carbons (Fsp3) is 0.158. The van der Waals surface area contributed by atoms with Crippen LogP contribution < -0.4 is 10.1 Å². The molecule has 0 unspecified atom stereocenters. The minimum atomic E-state index is -0.171. The van der Waals surface area contributed by atoms with E-state index in [1.165, 1.54) is 0 Å². The highest BCUT2D eigenvalue weighted by molar-refractivity contribution is 7.98. The summed E-state index contributed by atoms with van der Waals surface area (Å²) in [4.78, 5) is 12.7. The van der Waals surface area contributed by atoms with Gasteiger partial charge in [-0.25, -0.2) is 4.68 Å². The second-order valence-corrected chi connectivity index (χ2v) is 6.69. The molecule has 1 aliphatic rings. The summed E-state index contributed by atoms with van der Waals surface area (Å²) in [7, 11) is 1.59. The van der Waals surface area contributed by atoms with Crippen molar-refractivity contribution in [1.29, 1.82) is 0 Å². The van der Waals surface area contributed by atoms with Crippen molar-refractivity contribution in [3.05, 3.63) is 71.4 Å². The van der Waals surface area contributed by atoms with Gasteiger partial charge in [-0.1, -0.05) is 24.3 Å². The third kappa shape index (κ3) is 3.00. The predicted molar refractivity (Wildman–Crippen MR) is 99.5 cm³/mol. The molecular formula is C19H17N3O2S. The molecular weight excluding hydrogens is 334 g/mol. The lowest BCUT2D eigenvalue weighted by molar-refractivity contribution is 0.102. The predicted octanol–water partition coefficient (Wildman–Crippen LogP) is 3.88. The van der Waals surface area contributed by atoms with Crippen molar-refractivity contribution >= 4 is 23.5 Å². The molecule has 5 nitrogen and oxygen atoms in total. The van der Waals surface area contributed by atoms with Crippen LogP contribution in [0.1, 0.15) is 21.6 Å². The lowest BCUT2D eigenvalue weighted by Gasteiger charge is -2.11. The second kappa shape index (κ2) is 6.64. The van der Waals surface area contributed by atoms with E-state index in [1.54, 1.807) is 19.2 Å². The van der Waals surface area contributed by atoms with Crippen LogP contribution in [0.25, 0.3) is 5.69 Å². The largest absolute Gasteiger partial charge is 0.497 e. The Kier molecular flexibility index (Phi) is 4.19. The second-order valence-electron chi connectivity index (χ2n) is 5.70. The summed E-state index contributed by atoms with van der Waals surface area (Å²) in [6.07, 6.45) is 0. The molecule has 3 aromatic rings. The van der Waals surface area contributed by atoms with Gasteiger partial charge in [-0.15, -0.1) is 0 Å². The zero-order chi connectivity index (χ0) is 17.2. The summed E-state index contributed by atoms with van der Waals surface area (Å²) in [5, 5.41) is 7.75. The van der Waals surface area contributed by atoms with Gasteiger partial charge >= 0.3 is 0 Å². The van der Waals surface area contributed by atoms with Gasteiger partial charge in [0.15, 0.2) is 0 Å². The molecule has 6 heteroatoms. The number of benzene rings is 2. The van der Waals surface area contributed by atoms with Crippen molar-refractivity contribution in [3.63, 3.8) is 0 Å². The number of ether oxygens (including phenoxy) is 1. The lowest BCUT2D eigenvalue weighted by Crippen LogP contribution is -2.16. The summed E-state index contributed by atoms with van der Waals surface area (Å²) < 4.78 is 7.03. The molecule has 4 rings (SSSR count). The number of rotatable bonds is 4. The molecule has 0 aliphatic carbocycles. The number of aromatic nitrogens is 2. The molecule has 0 bridgehead atoms. The summed E-state index contributed by atoms with van der Waals surface area (Å²) in [5.41, 5.74) is 3.63. The zero-order valence-corrected chi connectivity index (χ0v) is 14.5. The van der Waals surface area contributed by atoms with E-state index in [4.69, 9.17) is 9.84 Å².